The van der Waals surface area contributed by atoms with Crippen LogP contribution in [0.5, 0.6) is 0 Å². The predicted molar refractivity (Wildman–Crippen MR) is 66.9 cm³/mol. The Labute approximate surface area is 106 Å². The van der Waals surface area contributed by atoms with Gasteiger partial charge in [0.2, 0.25) is 0 Å². The maximum atomic E-state index is 11.1. The van der Waals surface area contributed by atoms with Crippen molar-refractivity contribution < 1.29 is 14.3 Å². The normalized spacial score (nSPS) is 11.1. The number of hydrogen-bond acceptors (Lipinski definition) is 3. The fourth-order valence-corrected chi connectivity index (χ4v) is 1.61. The van der Waals surface area contributed by atoms with Crippen molar-refractivity contribution in [1.82, 2.24) is 0 Å². The molecule has 0 atom stereocenters. The molecule has 0 aliphatic heterocycles. The molecule has 0 aliphatic carbocycles. The monoisotopic (exact) mass is 254 g/mol. The molecular weight excluding hydrogens is 240 g/mol. The summed E-state index contributed by atoms with van der Waals surface area (Å²) in [5.74, 6) is 0.165. The Morgan fingerprint density at radius 2 is 2.00 bits per heavy atom. The topological polar surface area (TPSA) is 35.5 Å². The summed E-state index contributed by atoms with van der Waals surface area (Å²) < 4.78 is 9.64. The minimum absolute atomic E-state index is 0.416. The quantitative estimate of drug-likeness (QED) is 0.460. The molecule has 0 saturated carbocycles. The molecule has 17 heavy (non-hydrogen) atoms. The second-order valence-electron chi connectivity index (χ2n) is 3.43. The number of allylic oxidation sites excluding steroid dienone is 1. The second kappa shape index (κ2) is 6.97. The Bertz CT molecular complexity index is 413. The van der Waals surface area contributed by atoms with Gasteiger partial charge in [-0.2, -0.15) is 0 Å². The fourth-order valence-electron chi connectivity index (χ4n) is 1.38. The van der Waals surface area contributed by atoms with Gasteiger partial charge in [-0.05, 0) is 18.1 Å². The number of aryl methyl sites for hydroxylation is 1. The first kappa shape index (κ1) is 13.6. The average Bonchev–Trinajstić information content (AvgIpc) is 2.35. The third-order valence-electron chi connectivity index (χ3n) is 2.34. The number of carbonyl (C=O) groups is 1. The van der Waals surface area contributed by atoms with Gasteiger partial charge in [-0.15, -0.1) is 0 Å². The Morgan fingerprint density at radius 1 is 1.29 bits per heavy atom. The lowest BCUT2D eigenvalue weighted by Gasteiger charge is -2.07. The van der Waals surface area contributed by atoms with Crippen LogP contribution >= 0.6 is 11.6 Å². The average molecular weight is 255 g/mol. The van der Waals surface area contributed by atoms with Crippen LogP contribution in [0.2, 0.25) is 5.02 Å². The molecule has 0 heterocycles. The molecule has 0 radical (unpaired) electrons. The number of esters is 1. The standard InChI is InChI=1S/C13H15ClO3/c1-16-11(9-13(15)17-2)8-7-10-5-3-4-6-12(10)14/h3-6,9H,7-8H2,1-2H3. The van der Waals surface area contributed by atoms with Crippen molar-refractivity contribution >= 4 is 17.6 Å². The van der Waals surface area contributed by atoms with E-state index in [4.69, 9.17) is 16.3 Å². The predicted octanol–water partition coefficient (Wildman–Crippen LogP) is 2.98. The van der Waals surface area contributed by atoms with Crippen molar-refractivity contribution in [3.8, 4) is 0 Å². The maximum Gasteiger partial charge on any atom is 0.333 e. The van der Waals surface area contributed by atoms with Crippen LogP contribution in [0.25, 0.3) is 0 Å². The lowest BCUT2D eigenvalue weighted by molar-refractivity contribution is -0.135. The van der Waals surface area contributed by atoms with Crippen molar-refractivity contribution in [3.63, 3.8) is 0 Å². The van der Waals surface area contributed by atoms with Crippen molar-refractivity contribution in [2.24, 2.45) is 0 Å². The SMILES string of the molecule is COC(=O)C=C(CCc1ccccc1Cl)OC. The number of methoxy groups -OCH3 is 2. The highest BCUT2D eigenvalue weighted by atomic mass is 35.5. The minimum Gasteiger partial charge on any atom is -0.501 e. The summed E-state index contributed by atoms with van der Waals surface area (Å²) in [5.41, 5.74) is 1.03. The zero-order valence-electron chi connectivity index (χ0n) is 9.90. The molecule has 1 rings (SSSR count). The Hall–Kier alpha value is -1.48. The van der Waals surface area contributed by atoms with Gasteiger partial charge >= 0.3 is 5.97 Å². The molecule has 0 N–H and O–H groups in total. The number of ether oxygens (including phenoxy) is 2. The summed E-state index contributed by atoms with van der Waals surface area (Å²) in [5, 5.41) is 0.723. The molecule has 1 aromatic rings. The highest BCUT2D eigenvalue weighted by molar-refractivity contribution is 6.31. The van der Waals surface area contributed by atoms with E-state index in [1.807, 2.05) is 24.3 Å². The van der Waals surface area contributed by atoms with Crippen molar-refractivity contribution in [2.45, 2.75) is 12.8 Å². The molecule has 0 unspecified atom stereocenters. The molecule has 0 aromatic heterocycles. The van der Waals surface area contributed by atoms with E-state index in [1.54, 1.807) is 0 Å². The number of hydrogen-bond donors (Lipinski definition) is 0. The highest BCUT2D eigenvalue weighted by Crippen LogP contribution is 2.18. The van der Waals surface area contributed by atoms with E-state index in [2.05, 4.69) is 4.74 Å². The van der Waals surface area contributed by atoms with Crippen LogP contribution in [0.4, 0.5) is 0 Å². The van der Waals surface area contributed by atoms with Gasteiger partial charge in [0.05, 0.1) is 20.3 Å². The van der Waals surface area contributed by atoms with Gasteiger partial charge in [0, 0.05) is 11.4 Å². The molecule has 1 aromatic carbocycles. The maximum absolute atomic E-state index is 11.1. The van der Waals surface area contributed by atoms with Gasteiger partial charge in [-0.3, -0.25) is 0 Å². The number of rotatable bonds is 5. The summed E-state index contributed by atoms with van der Waals surface area (Å²) in [6.45, 7) is 0. The highest BCUT2D eigenvalue weighted by Gasteiger charge is 2.04. The minimum atomic E-state index is -0.416. The van der Waals surface area contributed by atoms with Crippen LogP contribution < -0.4 is 0 Å². The molecule has 4 heteroatoms. The van der Waals surface area contributed by atoms with Crippen LogP contribution in [0, 0.1) is 0 Å². The lowest BCUT2D eigenvalue weighted by Crippen LogP contribution is -2.00. The Balaban J connectivity index is 2.63. The van der Waals surface area contributed by atoms with Gasteiger partial charge in [-0.25, -0.2) is 4.79 Å². The Kier molecular flexibility index (Phi) is 5.57. The first-order valence-electron chi connectivity index (χ1n) is 5.23. The van der Waals surface area contributed by atoms with Gasteiger partial charge in [0.1, 0.15) is 5.76 Å². The molecule has 0 fully saturated rings. The zero-order valence-corrected chi connectivity index (χ0v) is 10.7. The molecule has 0 amide bonds. The van der Waals surface area contributed by atoms with Crippen LogP contribution in [-0.4, -0.2) is 20.2 Å². The smallest absolute Gasteiger partial charge is 0.333 e. The second-order valence-corrected chi connectivity index (χ2v) is 3.84. The third kappa shape index (κ3) is 4.49. The van der Waals surface area contributed by atoms with Gasteiger partial charge in [0.15, 0.2) is 0 Å². The van der Waals surface area contributed by atoms with E-state index < -0.39 is 5.97 Å². The summed E-state index contributed by atoms with van der Waals surface area (Å²) in [7, 11) is 2.86. The fraction of sp³-hybridized carbons (Fsp3) is 0.308. The Morgan fingerprint density at radius 3 is 2.59 bits per heavy atom. The van der Waals surface area contributed by atoms with Crippen molar-refractivity contribution in [2.75, 3.05) is 14.2 Å². The van der Waals surface area contributed by atoms with Crippen LogP contribution in [0.15, 0.2) is 36.1 Å². The van der Waals surface area contributed by atoms with Crippen LogP contribution in [0.3, 0.4) is 0 Å². The van der Waals surface area contributed by atoms with E-state index in [0.29, 0.717) is 12.2 Å². The molecule has 0 saturated heterocycles. The summed E-state index contributed by atoms with van der Waals surface area (Å²) in [6, 6.07) is 7.60. The third-order valence-corrected chi connectivity index (χ3v) is 2.71. The van der Waals surface area contributed by atoms with E-state index >= 15 is 0 Å². The van der Waals surface area contributed by atoms with Crippen LogP contribution in [-0.2, 0) is 20.7 Å². The van der Waals surface area contributed by atoms with E-state index in [1.165, 1.54) is 20.3 Å². The molecule has 3 nitrogen and oxygen atoms in total. The molecule has 0 aliphatic rings. The van der Waals surface area contributed by atoms with Crippen LogP contribution in [0.1, 0.15) is 12.0 Å². The molecule has 0 bridgehead atoms. The zero-order chi connectivity index (χ0) is 12.7. The van der Waals surface area contributed by atoms with E-state index in [9.17, 15) is 4.79 Å². The van der Waals surface area contributed by atoms with E-state index in [-0.39, 0.29) is 0 Å². The summed E-state index contributed by atoms with van der Waals surface area (Å²) >= 11 is 6.03. The molecule has 92 valence electrons. The van der Waals surface area contributed by atoms with Gasteiger partial charge in [-0.1, -0.05) is 29.8 Å². The number of benzene rings is 1. The lowest BCUT2D eigenvalue weighted by atomic mass is 10.1. The summed E-state index contributed by atoms with van der Waals surface area (Å²) in [6.07, 6.45) is 2.67. The first-order valence-corrected chi connectivity index (χ1v) is 5.61. The number of halogens is 1. The van der Waals surface area contributed by atoms with Crippen molar-refractivity contribution in [1.29, 1.82) is 0 Å². The molecule has 0 spiro atoms. The van der Waals surface area contributed by atoms with Gasteiger partial charge < -0.3 is 9.47 Å². The van der Waals surface area contributed by atoms with Crippen molar-refractivity contribution in [3.05, 3.63) is 46.7 Å². The first-order chi connectivity index (χ1) is 8.17. The van der Waals surface area contributed by atoms with E-state index in [0.717, 1.165) is 17.0 Å². The number of carbonyl (C=O) groups excluding carboxylic acids is 1. The summed E-state index contributed by atoms with van der Waals surface area (Å²) in [4.78, 5) is 11.1. The largest absolute Gasteiger partial charge is 0.501 e. The molecular formula is C13H15ClO3. The van der Waals surface area contributed by atoms with Gasteiger partial charge in [0.25, 0.3) is 0 Å².